The van der Waals surface area contributed by atoms with Crippen molar-refractivity contribution in [2.75, 3.05) is 40.9 Å². The van der Waals surface area contributed by atoms with Crippen LogP contribution in [0.3, 0.4) is 0 Å². The zero-order valence-corrected chi connectivity index (χ0v) is 31.3. The highest BCUT2D eigenvalue weighted by Gasteiger charge is 2.22. The number of hydrogen-bond acceptors (Lipinski definition) is 6. The number of hydrogen-bond donors (Lipinski definition) is 2. The van der Waals surface area contributed by atoms with Crippen molar-refractivity contribution in [3.63, 3.8) is 0 Å². The summed E-state index contributed by atoms with van der Waals surface area (Å²) >= 11 is 0. The predicted octanol–water partition coefficient (Wildman–Crippen LogP) is 8.21. The lowest BCUT2D eigenvalue weighted by atomic mass is 10.1. The van der Waals surface area contributed by atoms with Crippen molar-refractivity contribution >= 4 is 13.7 Å². The van der Waals surface area contributed by atoms with E-state index in [1.807, 2.05) is 39.4 Å². The first kappa shape index (κ1) is 45.4. The number of nitrogens with one attached hydrogen (secondary N) is 1. The van der Waals surface area contributed by atoms with Crippen LogP contribution in [0.15, 0.2) is 97.2 Å². The van der Waals surface area contributed by atoms with E-state index in [1.54, 1.807) is 12.2 Å². The number of quaternary nitrogens is 1. The minimum atomic E-state index is -4.62. The Hall–Kier alpha value is -2.58. The number of allylic oxidation sites excluding steroid dienone is 14. The van der Waals surface area contributed by atoms with Gasteiger partial charge in [-0.25, -0.2) is 0 Å². The number of nitrogens with zero attached hydrogens (tertiary/aromatic N) is 1. The number of carbonyl (C=O) groups excluding carboxylic acids is 1. The quantitative estimate of drug-likeness (QED) is 0.0355. The summed E-state index contributed by atoms with van der Waals surface area (Å²) in [5.74, 6) is -0.347. The number of likely N-dealkylation sites (N-methyl/N-ethyl adjacent to an activating group) is 1. The van der Waals surface area contributed by atoms with Crippen LogP contribution in [0, 0.1) is 0 Å². The molecule has 0 aliphatic heterocycles. The van der Waals surface area contributed by atoms with Gasteiger partial charge < -0.3 is 28.8 Å². The minimum Gasteiger partial charge on any atom is -0.756 e. The Balaban J connectivity index is 4.84. The van der Waals surface area contributed by atoms with Crippen LogP contribution in [0.2, 0.25) is 0 Å². The predicted molar refractivity (Wildman–Crippen MR) is 200 cm³/mol. The lowest BCUT2D eigenvalue weighted by Gasteiger charge is -2.29. The van der Waals surface area contributed by atoms with Crippen molar-refractivity contribution in [3.05, 3.63) is 97.2 Å². The third kappa shape index (κ3) is 32.0. The van der Waals surface area contributed by atoms with Gasteiger partial charge in [0, 0.05) is 6.42 Å². The van der Waals surface area contributed by atoms with E-state index < -0.39 is 26.6 Å². The topological polar surface area (TPSA) is 108 Å². The van der Waals surface area contributed by atoms with Crippen LogP contribution in [-0.4, -0.2) is 68.5 Å². The van der Waals surface area contributed by atoms with Crippen molar-refractivity contribution in [2.45, 2.75) is 103 Å². The third-order valence-corrected chi connectivity index (χ3v) is 7.73. The molecule has 0 radical (unpaired) electrons. The van der Waals surface area contributed by atoms with Gasteiger partial charge in [-0.3, -0.25) is 9.36 Å². The summed E-state index contributed by atoms with van der Waals surface area (Å²) in [4.78, 5) is 25.0. The second-order valence-electron chi connectivity index (χ2n) is 12.5. The van der Waals surface area contributed by atoms with Crippen LogP contribution in [0.1, 0.15) is 90.9 Å². The maximum absolute atomic E-state index is 12.7. The molecule has 0 spiro atoms. The molecule has 9 heteroatoms. The summed E-state index contributed by atoms with van der Waals surface area (Å²) in [6.45, 7) is 4.29. The fourth-order valence-corrected chi connectivity index (χ4v) is 4.68. The molecule has 0 heterocycles. The van der Waals surface area contributed by atoms with Crippen molar-refractivity contribution in [2.24, 2.45) is 0 Å². The summed E-state index contributed by atoms with van der Waals surface area (Å²) in [7, 11) is 1.15. The van der Waals surface area contributed by atoms with Crippen LogP contribution >= 0.6 is 7.82 Å². The number of phosphoric ester groups is 1. The van der Waals surface area contributed by atoms with Gasteiger partial charge in [-0.2, -0.15) is 0 Å². The number of rotatable bonds is 29. The highest BCUT2D eigenvalue weighted by atomic mass is 31.2. The second-order valence-corrected chi connectivity index (χ2v) is 13.9. The number of aliphatic hydroxyl groups is 1. The Bertz CT molecular complexity index is 1100. The minimum absolute atomic E-state index is 0.0314. The number of phosphoric acid groups is 1. The van der Waals surface area contributed by atoms with Crippen molar-refractivity contribution in [1.29, 1.82) is 0 Å². The van der Waals surface area contributed by atoms with Gasteiger partial charge in [0.1, 0.15) is 13.2 Å². The van der Waals surface area contributed by atoms with Crippen LogP contribution in [0.4, 0.5) is 0 Å². The zero-order valence-electron chi connectivity index (χ0n) is 30.4. The first-order valence-corrected chi connectivity index (χ1v) is 19.1. The Morgan fingerprint density at radius 1 is 0.729 bits per heavy atom. The van der Waals surface area contributed by atoms with Crippen LogP contribution in [0.25, 0.3) is 0 Å². The number of amides is 1. The average molecular weight is 689 g/mol. The van der Waals surface area contributed by atoms with Gasteiger partial charge in [0.2, 0.25) is 5.91 Å². The Labute approximate surface area is 292 Å². The molecule has 0 aromatic rings. The van der Waals surface area contributed by atoms with Gasteiger partial charge in [-0.05, 0) is 64.2 Å². The molecule has 0 bridgehead atoms. The Morgan fingerprint density at radius 3 is 1.71 bits per heavy atom. The van der Waals surface area contributed by atoms with Crippen LogP contribution in [0.5, 0.6) is 0 Å². The first-order chi connectivity index (χ1) is 23.0. The van der Waals surface area contributed by atoms with E-state index in [1.165, 1.54) is 0 Å². The number of aliphatic hydroxyl groups excluding tert-OH is 1. The highest BCUT2D eigenvalue weighted by molar-refractivity contribution is 7.45. The molecular weight excluding hydrogens is 623 g/mol. The summed E-state index contributed by atoms with van der Waals surface area (Å²) in [6.07, 6.45) is 42.0. The molecule has 0 rings (SSSR count). The fourth-order valence-electron chi connectivity index (χ4n) is 3.96. The average Bonchev–Trinajstić information content (AvgIpc) is 3.02. The smallest absolute Gasteiger partial charge is 0.268 e. The van der Waals surface area contributed by atoms with E-state index in [-0.39, 0.29) is 18.9 Å². The summed E-state index contributed by atoms with van der Waals surface area (Å²) in [5, 5.41) is 13.5. The fraction of sp³-hybridized carbons (Fsp3) is 0.564. The van der Waals surface area contributed by atoms with Crippen molar-refractivity contribution in [1.82, 2.24) is 5.32 Å². The summed E-state index contributed by atoms with van der Waals surface area (Å²) in [6, 6.07) is -0.966. The molecule has 0 saturated carbocycles. The van der Waals surface area contributed by atoms with Gasteiger partial charge in [0.05, 0.1) is 39.9 Å². The van der Waals surface area contributed by atoms with E-state index in [2.05, 4.69) is 86.0 Å². The molecule has 3 atom stereocenters. The first-order valence-electron chi connectivity index (χ1n) is 17.6. The van der Waals surface area contributed by atoms with Gasteiger partial charge in [0.25, 0.3) is 7.82 Å². The van der Waals surface area contributed by atoms with E-state index in [0.717, 1.165) is 57.8 Å². The maximum atomic E-state index is 12.7. The zero-order chi connectivity index (χ0) is 35.8. The largest absolute Gasteiger partial charge is 0.756 e. The molecule has 0 aromatic carbocycles. The van der Waals surface area contributed by atoms with Crippen LogP contribution in [-0.2, 0) is 18.4 Å². The molecule has 0 aromatic heterocycles. The number of carbonyl (C=O) groups is 1. The van der Waals surface area contributed by atoms with E-state index in [0.29, 0.717) is 23.9 Å². The molecule has 8 nitrogen and oxygen atoms in total. The monoisotopic (exact) mass is 688 g/mol. The van der Waals surface area contributed by atoms with E-state index >= 15 is 0 Å². The van der Waals surface area contributed by atoms with Crippen molar-refractivity contribution < 1.29 is 32.9 Å². The van der Waals surface area contributed by atoms with Gasteiger partial charge in [-0.1, -0.05) is 117 Å². The standard InChI is InChI=1S/C39H65N2O6P/c1-6-8-10-12-14-16-18-19-20-21-23-25-27-29-31-33-39(43)40-37(36-47-48(44,45)46-35-34-41(3,4)5)38(42)32-30-28-26-24-22-17-15-13-11-9-7-2/h8,10-11,13-14,16,19-20,22-25,29-32,37-38,42H,6-7,9,12,15,17-18,21,26-28,33-36H2,1-5H3,(H-,40,43,44,45)/b10-8-,13-11+,16-14-,20-19-,24-22+,25-23-,31-29-,32-30+. The van der Waals surface area contributed by atoms with Gasteiger partial charge in [0.15, 0.2) is 0 Å². The molecule has 0 aliphatic rings. The molecule has 0 aliphatic carbocycles. The van der Waals surface area contributed by atoms with Gasteiger partial charge in [-0.15, -0.1) is 0 Å². The molecule has 0 fully saturated rings. The summed E-state index contributed by atoms with van der Waals surface area (Å²) < 4.78 is 22.9. The molecule has 2 N–H and O–H groups in total. The third-order valence-electron chi connectivity index (χ3n) is 6.77. The molecule has 0 saturated heterocycles. The maximum Gasteiger partial charge on any atom is 0.268 e. The van der Waals surface area contributed by atoms with Crippen molar-refractivity contribution in [3.8, 4) is 0 Å². The van der Waals surface area contributed by atoms with Crippen LogP contribution < -0.4 is 10.2 Å². The lowest BCUT2D eigenvalue weighted by Crippen LogP contribution is -2.45. The SMILES string of the molecule is CC/C=C\C/C=C\C/C=C\C/C=C\C/C=C\CC(=O)NC(COP(=O)([O-])OCC[N+](C)(C)C)C(O)/C=C/CC/C=C/CC/C=C/CCC. The Kier molecular flexibility index (Phi) is 28.8. The second kappa shape index (κ2) is 30.5. The summed E-state index contributed by atoms with van der Waals surface area (Å²) in [5.41, 5.74) is 0. The lowest BCUT2D eigenvalue weighted by molar-refractivity contribution is -0.870. The molecule has 272 valence electrons. The molecular formula is C39H65N2O6P. The van der Waals surface area contributed by atoms with Gasteiger partial charge >= 0.3 is 0 Å². The number of unbranched alkanes of at least 4 members (excludes halogenated alkanes) is 3. The normalized spacial score (nSPS) is 15.9. The molecule has 3 unspecified atom stereocenters. The van der Waals surface area contributed by atoms with E-state index in [9.17, 15) is 19.4 Å². The molecule has 48 heavy (non-hydrogen) atoms. The molecule has 1 amide bonds. The highest BCUT2D eigenvalue weighted by Crippen LogP contribution is 2.38. The Morgan fingerprint density at radius 2 is 1.21 bits per heavy atom. The van der Waals surface area contributed by atoms with E-state index in [4.69, 9.17) is 9.05 Å².